The molecule has 2 fully saturated rings. The molecule has 0 radical (unpaired) electrons. The van der Waals surface area contributed by atoms with Crippen molar-refractivity contribution < 1.29 is 63.2 Å². The van der Waals surface area contributed by atoms with Gasteiger partial charge in [-0.3, -0.25) is 38.9 Å². The number of nitrogens with one attached hydrogen (secondary N) is 6. The minimum atomic E-state index is -1.61. The fourth-order valence-electron chi connectivity index (χ4n) is 8.67. The number of aliphatic carboxylic acids is 1. The maximum atomic E-state index is 14.2. The third kappa shape index (κ3) is 15.6. The molecule has 4 rings (SSSR count). The second-order valence-electron chi connectivity index (χ2n) is 18.5. The maximum absolute atomic E-state index is 14.2. The zero-order valence-corrected chi connectivity index (χ0v) is 40.0. The minimum Gasteiger partial charge on any atom is -0.508 e. The molecule has 0 spiro atoms. The molecule has 9 N–H and O–H groups in total. The van der Waals surface area contributed by atoms with Gasteiger partial charge in [-0.05, 0) is 94.6 Å². The molecule has 0 aromatic rings. The van der Waals surface area contributed by atoms with Gasteiger partial charge in [0.05, 0.1) is 12.6 Å². The van der Waals surface area contributed by atoms with Crippen LogP contribution in [-0.2, 0) is 47.9 Å². The summed E-state index contributed by atoms with van der Waals surface area (Å²) in [7, 11) is 0. The van der Waals surface area contributed by atoms with Crippen LogP contribution in [0.1, 0.15) is 119 Å². The van der Waals surface area contributed by atoms with Crippen LogP contribution in [0, 0.1) is 17.8 Å². The van der Waals surface area contributed by atoms with Crippen molar-refractivity contribution in [1.82, 2.24) is 36.8 Å². The zero-order valence-electron chi connectivity index (χ0n) is 40.0. The van der Waals surface area contributed by atoms with Gasteiger partial charge in [-0.2, -0.15) is 0 Å². The van der Waals surface area contributed by atoms with E-state index in [0.717, 1.165) is 10.5 Å². The van der Waals surface area contributed by atoms with Gasteiger partial charge in [-0.15, -0.1) is 0 Å². The smallest absolute Gasteiger partial charge is 0.329 e. The highest BCUT2D eigenvalue weighted by atomic mass is 16.5. The van der Waals surface area contributed by atoms with E-state index >= 15 is 0 Å². The number of aliphatic hydroxyl groups is 2. The number of ketones is 1. The monoisotopic (exact) mass is 954 g/mol. The standard InChI is InChI=1S/C48H71N7O13/c1-7-12-37(58)50-34(24-30-15-17-31(56)18-16-30)43(61)51-33(47(65)66)19-21-38(59)53-41-28(6)68-48(67)40(27(5)8-2)54-44(62)35(23-29-13-10-9-11-14-29)52-45(63)42(26(3)4)55-39(60)22-20-32(46(55)64)49-25-36(41)57/h9-10,13,15,17-18,26-28,30,32-35,39-42,49,56,60H,7-8,11-12,14,16,19-25H2,1-6H3,(H,50,58)(H,51,61)(H,52,63)(H,53,59)(H,54,62)(H,65,66)/t27-,28?,30?,32?,33?,34-,35-,39+,40-,41-,42-/m0/s1. The Balaban J connectivity index is 1.60. The number of allylic oxidation sites excluding steroid dienone is 6. The predicted octanol–water partition coefficient (Wildman–Crippen LogP) is 1.63. The van der Waals surface area contributed by atoms with Gasteiger partial charge in [0.2, 0.25) is 35.4 Å². The largest absolute Gasteiger partial charge is 0.508 e. The van der Waals surface area contributed by atoms with Crippen molar-refractivity contribution in [2.75, 3.05) is 6.54 Å². The molecular weight excluding hydrogens is 883 g/mol. The van der Waals surface area contributed by atoms with Crippen molar-refractivity contribution in [3.05, 3.63) is 47.8 Å². The Morgan fingerprint density at radius 1 is 0.956 bits per heavy atom. The molecule has 0 aromatic carbocycles. The van der Waals surface area contributed by atoms with E-state index in [0.29, 0.717) is 32.1 Å². The van der Waals surface area contributed by atoms with Gasteiger partial charge in [-0.1, -0.05) is 70.9 Å². The molecule has 6 amide bonds. The molecule has 4 unspecified atom stereocenters. The molecule has 20 heteroatoms. The van der Waals surface area contributed by atoms with Crippen LogP contribution in [0.4, 0.5) is 0 Å². The topological polar surface area (TPSA) is 299 Å². The van der Waals surface area contributed by atoms with Crippen LogP contribution in [0.25, 0.3) is 0 Å². The number of carbonyl (C=O) groups is 9. The first-order chi connectivity index (χ1) is 32.2. The zero-order chi connectivity index (χ0) is 50.2. The van der Waals surface area contributed by atoms with Crippen molar-refractivity contribution in [3.8, 4) is 0 Å². The molecule has 0 aromatic heterocycles. The highest BCUT2D eigenvalue weighted by Gasteiger charge is 2.45. The lowest BCUT2D eigenvalue weighted by atomic mass is 9.92. The molecule has 4 aliphatic rings. The summed E-state index contributed by atoms with van der Waals surface area (Å²) < 4.78 is 5.83. The number of ether oxygens (including phenoxy) is 1. The Bertz CT molecular complexity index is 2000. The van der Waals surface area contributed by atoms with Crippen LogP contribution in [0.2, 0.25) is 0 Å². The fraction of sp³-hybridized carbons (Fsp3) is 0.646. The molecular formula is C48H71N7O13. The summed E-state index contributed by atoms with van der Waals surface area (Å²) in [5.41, 5.74) is 0.858. The summed E-state index contributed by atoms with van der Waals surface area (Å²) in [6.45, 7) is 9.49. The number of amides is 6. The number of aliphatic hydroxyl groups excluding tert-OH is 2. The number of Topliss-reactive ketones (excluding diaryl/α,β-unsaturated/α-hetero) is 1. The normalized spacial score (nSPS) is 27.6. The quantitative estimate of drug-likeness (QED) is 0.0938. The summed E-state index contributed by atoms with van der Waals surface area (Å²) in [4.78, 5) is 124. The summed E-state index contributed by atoms with van der Waals surface area (Å²) in [5, 5.41) is 47.1. The number of esters is 1. The number of carbonyl (C=O) groups excluding carboxylic acids is 8. The Kier molecular flexibility index (Phi) is 20.9. The molecule has 20 nitrogen and oxygen atoms in total. The van der Waals surface area contributed by atoms with E-state index in [4.69, 9.17) is 4.74 Å². The third-order valence-electron chi connectivity index (χ3n) is 12.8. The van der Waals surface area contributed by atoms with E-state index in [2.05, 4.69) is 31.9 Å². The van der Waals surface area contributed by atoms with Crippen LogP contribution in [0.3, 0.4) is 0 Å². The number of nitrogens with zero attached hydrogens (tertiary/aromatic N) is 1. The second-order valence-corrected chi connectivity index (χ2v) is 18.5. The third-order valence-corrected chi connectivity index (χ3v) is 12.8. The van der Waals surface area contributed by atoms with Crippen molar-refractivity contribution in [2.24, 2.45) is 17.8 Å². The molecule has 0 saturated carbocycles. The van der Waals surface area contributed by atoms with Gasteiger partial charge in [-0.25, -0.2) is 9.59 Å². The maximum Gasteiger partial charge on any atom is 0.329 e. The van der Waals surface area contributed by atoms with Gasteiger partial charge < -0.3 is 51.5 Å². The Hall–Kier alpha value is -5.89. The van der Waals surface area contributed by atoms with Crippen LogP contribution in [-0.4, -0.2) is 135 Å². The lowest BCUT2D eigenvalue weighted by molar-refractivity contribution is -0.163. The molecule has 376 valence electrons. The van der Waals surface area contributed by atoms with Gasteiger partial charge in [0.15, 0.2) is 5.78 Å². The first-order valence-corrected chi connectivity index (χ1v) is 23.9. The molecule has 2 heterocycles. The van der Waals surface area contributed by atoms with Crippen molar-refractivity contribution in [3.63, 3.8) is 0 Å². The summed E-state index contributed by atoms with van der Waals surface area (Å²) in [6.07, 6.45) is 9.64. The predicted molar refractivity (Wildman–Crippen MR) is 248 cm³/mol. The van der Waals surface area contributed by atoms with E-state index in [-0.39, 0.29) is 43.8 Å². The van der Waals surface area contributed by atoms with E-state index in [1.165, 1.54) is 13.0 Å². The van der Waals surface area contributed by atoms with Crippen molar-refractivity contribution >= 4 is 53.2 Å². The summed E-state index contributed by atoms with van der Waals surface area (Å²) in [6, 6.07) is -9.11. The van der Waals surface area contributed by atoms with E-state index in [9.17, 15) is 58.5 Å². The van der Waals surface area contributed by atoms with Crippen LogP contribution < -0.4 is 31.9 Å². The molecule has 2 aliphatic carbocycles. The summed E-state index contributed by atoms with van der Waals surface area (Å²) >= 11 is 0. The lowest BCUT2D eigenvalue weighted by Gasteiger charge is -2.42. The van der Waals surface area contributed by atoms with E-state index in [1.807, 2.05) is 18.2 Å². The molecule has 11 atom stereocenters. The number of hydrogen-bond donors (Lipinski definition) is 9. The van der Waals surface area contributed by atoms with Crippen molar-refractivity contribution in [2.45, 2.75) is 173 Å². The first kappa shape index (κ1) is 54.7. The van der Waals surface area contributed by atoms with Gasteiger partial charge in [0.25, 0.3) is 0 Å². The number of carboxylic acids is 1. The fourth-order valence-corrected chi connectivity index (χ4v) is 8.67. The average molecular weight is 954 g/mol. The Morgan fingerprint density at radius 2 is 1.69 bits per heavy atom. The van der Waals surface area contributed by atoms with E-state index < -0.39 is 139 Å². The lowest BCUT2D eigenvalue weighted by Crippen LogP contribution is -2.64. The minimum absolute atomic E-state index is 0.0364. The molecule has 2 saturated heterocycles. The van der Waals surface area contributed by atoms with E-state index in [1.54, 1.807) is 46.8 Å². The number of cyclic esters (lactones) is 1. The first-order valence-electron chi connectivity index (χ1n) is 23.9. The van der Waals surface area contributed by atoms with Gasteiger partial charge in [0, 0.05) is 12.8 Å². The van der Waals surface area contributed by atoms with Gasteiger partial charge in [0.1, 0.15) is 54.3 Å². The number of hydrogen-bond acceptors (Lipinski definition) is 13. The summed E-state index contributed by atoms with van der Waals surface area (Å²) in [5.74, 6) is -8.55. The highest BCUT2D eigenvalue weighted by Crippen LogP contribution is 2.26. The van der Waals surface area contributed by atoms with Crippen LogP contribution in [0.15, 0.2) is 47.8 Å². The molecule has 68 heavy (non-hydrogen) atoms. The van der Waals surface area contributed by atoms with Crippen LogP contribution in [0.5, 0.6) is 0 Å². The average Bonchev–Trinajstić information content (AvgIpc) is 3.29. The van der Waals surface area contributed by atoms with Crippen LogP contribution >= 0.6 is 0 Å². The number of piperidine rings is 1. The second kappa shape index (κ2) is 26.0. The molecule has 2 aliphatic heterocycles. The Labute approximate surface area is 397 Å². The number of fused-ring (bicyclic) bond motifs is 2. The highest BCUT2D eigenvalue weighted by molar-refractivity contribution is 5.96. The van der Waals surface area contributed by atoms with Crippen molar-refractivity contribution in [1.29, 1.82) is 0 Å². The Morgan fingerprint density at radius 3 is 2.31 bits per heavy atom. The SMILES string of the molecule is CCCC(=O)N[C@@H](CC1C=CC(O)=CC1)C(=O)NC(CCC(=O)N[C@@H]1C(=O)CNC2CC[C@@H](O)N(C2=O)[C@@H](C(C)C)C(=O)N[C@@H](CC2=CC=CCC2)C(=O)N[C@@H]([C@@H](C)CC)C(=O)OC1C)C(=O)O. The van der Waals surface area contributed by atoms with Gasteiger partial charge >= 0.3 is 11.9 Å². The number of rotatable bonds is 17. The number of carboxylic acid groups (broad SMARTS) is 1. The molecule has 2 bridgehead atoms.